The van der Waals surface area contributed by atoms with Gasteiger partial charge >= 0.3 is 6.18 Å². The Bertz CT molecular complexity index is 794. The molecule has 0 aliphatic carbocycles. The predicted octanol–water partition coefficient (Wildman–Crippen LogP) is 2.52. The molecule has 2 aromatic heterocycles. The van der Waals surface area contributed by atoms with Crippen LogP contribution in [0.15, 0.2) is 10.4 Å². The van der Waals surface area contributed by atoms with Crippen molar-refractivity contribution in [3.63, 3.8) is 0 Å². The molecule has 3 rings (SSSR count). The van der Waals surface area contributed by atoms with Crippen molar-refractivity contribution in [2.24, 2.45) is 4.99 Å². The van der Waals surface area contributed by atoms with Gasteiger partial charge in [0.25, 0.3) is 0 Å². The maximum atomic E-state index is 12.6. The molecule has 7 nitrogen and oxygen atoms in total. The Kier molecular flexibility index (Phi) is 6.70. The van der Waals surface area contributed by atoms with Crippen molar-refractivity contribution in [2.45, 2.75) is 25.9 Å². The molecule has 0 unspecified atom stereocenters. The van der Waals surface area contributed by atoms with Crippen molar-refractivity contribution in [1.82, 2.24) is 24.6 Å². The zero-order chi connectivity index (χ0) is 20.1. The number of aromatic nitrogens is 3. The summed E-state index contributed by atoms with van der Waals surface area (Å²) in [6.07, 6.45) is -3.14. The van der Waals surface area contributed by atoms with Crippen LogP contribution in [0.5, 0.6) is 0 Å². The molecular weight excluding hydrogens is 411 g/mol. The molecule has 1 fully saturated rings. The molecule has 0 aromatic carbocycles. The molecule has 0 atom stereocenters. The maximum absolute atomic E-state index is 12.6. The number of alkyl halides is 3. The van der Waals surface area contributed by atoms with E-state index in [1.54, 1.807) is 7.05 Å². The Morgan fingerprint density at radius 1 is 1.25 bits per heavy atom. The van der Waals surface area contributed by atoms with E-state index in [0.29, 0.717) is 18.0 Å². The number of rotatable bonds is 5. The van der Waals surface area contributed by atoms with E-state index in [0.717, 1.165) is 66.2 Å². The summed E-state index contributed by atoms with van der Waals surface area (Å²) in [5, 5.41) is 5.69. The normalized spacial score (nSPS) is 16.0. The average Bonchev–Trinajstić information content (AvgIpc) is 3.35. The number of aryl methyl sites for hydroxylation is 1. The van der Waals surface area contributed by atoms with Crippen molar-refractivity contribution in [3.05, 3.63) is 21.9 Å². The second kappa shape index (κ2) is 9.03. The van der Waals surface area contributed by atoms with Gasteiger partial charge in [0.2, 0.25) is 5.13 Å². The molecule has 1 aliphatic rings. The quantitative estimate of drug-likeness (QED) is 0.577. The van der Waals surface area contributed by atoms with Crippen LogP contribution in [0.25, 0.3) is 0 Å². The van der Waals surface area contributed by atoms with E-state index in [-0.39, 0.29) is 0 Å². The van der Waals surface area contributed by atoms with Crippen molar-refractivity contribution in [1.29, 1.82) is 0 Å². The van der Waals surface area contributed by atoms with Crippen molar-refractivity contribution >= 4 is 34.0 Å². The van der Waals surface area contributed by atoms with E-state index in [1.807, 2.05) is 6.92 Å². The van der Waals surface area contributed by atoms with Crippen molar-refractivity contribution < 1.29 is 13.2 Å². The first-order valence-corrected chi connectivity index (χ1v) is 10.6. The monoisotopic (exact) mass is 433 g/mol. The molecule has 2 aromatic rings. The van der Waals surface area contributed by atoms with Crippen LogP contribution in [0.3, 0.4) is 0 Å². The summed E-state index contributed by atoms with van der Waals surface area (Å²) in [5.74, 6) is 1.62. The second-order valence-corrected chi connectivity index (χ2v) is 7.84. The minimum absolute atomic E-state index is 0.421. The number of anilines is 1. The second-order valence-electron chi connectivity index (χ2n) is 6.17. The molecule has 1 aliphatic heterocycles. The molecule has 1 saturated heterocycles. The maximum Gasteiger partial charge on any atom is 0.434 e. The van der Waals surface area contributed by atoms with Crippen LogP contribution in [0.2, 0.25) is 0 Å². The van der Waals surface area contributed by atoms with Gasteiger partial charge in [-0.05, 0) is 0 Å². The number of nitrogens with zero attached hydrogens (tertiary/aromatic N) is 6. The van der Waals surface area contributed by atoms with Crippen LogP contribution in [-0.4, -0.2) is 65.0 Å². The summed E-state index contributed by atoms with van der Waals surface area (Å²) in [4.78, 5) is 16.8. The Morgan fingerprint density at radius 2 is 2.00 bits per heavy atom. The average molecular weight is 434 g/mol. The van der Waals surface area contributed by atoms with Gasteiger partial charge in [-0.15, -0.1) is 11.3 Å². The molecule has 154 valence electrons. The Morgan fingerprint density at radius 3 is 2.57 bits per heavy atom. The number of hydrogen-bond donors (Lipinski definition) is 1. The minimum atomic E-state index is -4.39. The third-order valence-corrected chi connectivity index (χ3v) is 6.02. The standard InChI is InChI=1S/C16H22F3N7S2/c1-3-12-23-15(28-24-12)26-8-6-25(7-9-26)14(20-2)21-5-4-13-22-11(10-27-13)16(17,18)19/h10H,3-9H2,1-2H3,(H,20,21). The summed E-state index contributed by atoms with van der Waals surface area (Å²) in [5.41, 5.74) is -0.823. The largest absolute Gasteiger partial charge is 0.434 e. The number of nitrogens with one attached hydrogen (secondary N) is 1. The number of thiazole rings is 1. The van der Waals surface area contributed by atoms with E-state index in [2.05, 4.69) is 34.5 Å². The van der Waals surface area contributed by atoms with Crippen LogP contribution >= 0.6 is 22.9 Å². The molecule has 0 radical (unpaired) electrons. The number of piperazine rings is 1. The molecule has 0 bridgehead atoms. The smallest absolute Gasteiger partial charge is 0.356 e. The highest BCUT2D eigenvalue weighted by atomic mass is 32.1. The third kappa shape index (κ3) is 5.10. The fourth-order valence-corrected chi connectivity index (χ4v) is 4.40. The van der Waals surface area contributed by atoms with Gasteiger partial charge in [-0.1, -0.05) is 6.92 Å². The van der Waals surface area contributed by atoms with Gasteiger partial charge in [0.15, 0.2) is 11.7 Å². The van der Waals surface area contributed by atoms with Gasteiger partial charge in [0, 0.05) is 69.5 Å². The van der Waals surface area contributed by atoms with E-state index in [4.69, 9.17) is 0 Å². The predicted molar refractivity (Wildman–Crippen MR) is 105 cm³/mol. The zero-order valence-electron chi connectivity index (χ0n) is 15.7. The summed E-state index contributed by atoms with van der Waals surface area (Å²) >= 11 is 2.46. The lowest BCUT2D eigenvalue weighted by molar-refractivity contribution is -0.140. The van der Waals surface area contributed by atoms with Gasteiger partial charge in [-0.25, -0.2) is 9.97 Å². The summed E-state index contributed by atoms with van der Waals surface area (Å²) in [6, 6.07) is 0. The number of guanidine groups is 1. The molecule has 12 heteroatoms. The summed E-state index contributed by atoms with van der Waals surface area (Å²) in [6.45, 7) is 5.73. The van der Waals surface area contributed by atoms with Crippen LogP contribution < -0.4 is 10.2 Å². The Labute approximate surface area is 169 Å². The van der Waals surface area contributed by atoms with Crippen LogP contribution in [0.1, 0.15) is 23.4 Å². The third-order valence-electron chi connectivity index (χ3n) is 4.30. The highest BCUT2D eigenvalue weighted by Crippen LogP contribution is 2.30. The van der Waals surface area contributed by atoms with Gasteiger partial charge in [0.1, 0.15) is 5.82 Å². The lowest BCUT2D eigenvalue weighted by Gasteiger charge is -2.36. The molecule has 0 saturated carbocycles. The van der Waals surface area contributed by atoms with Gasteiger partial charge in [-0.2, -0.15) is 17.5 Å². The molecule has 3 heterocycles. The lowest BCUT2D eigenvalue weighted by Crippen LogP contribution is -2.52. The van der Waals surface area contributed by atoms with E-state index in [1.165, 1.54) is 11.5 Å². The molecule has 1 N–H and O–H groups in total. The van der Waals surface area contributed by atoms with Crippen LogP contribution in [0, 0.1) is 0 Å². The molecular formula is C16H22F3N7S2. The number of aliphatic imine (C=N–C) groups is 1. The van der Waals surface area contributed by atoms with Crippen molar-refractivity contribution in [2.75, 3.05) is 44.7 Å². The summed E-state index contributed by atoms with van der Waals surface area (Å²) < 4.78 is 42.2. The number of hydrogen-bond acceptors (Lipinski definition) is 7. The van der Waals surface area contributed by atoms with Crippen LogP contribution in [-0.2, 0) is 19.0 Å². The highest BCUT2D eigenvalue weighted by Gasteiger charge is 2.33. The Hall–Kier alpha value is -1.95. The van der Waals surface area contributed by atoms with Gasteiger partial charge in [0.05, 0.1) is 5.01 Å². The highest BCUT2D eigenvalue weighted by molar-refractivity contribution is 7.10. The molecule has 28 heavy (non-hydrogen) atoms. The SMILES string of the molecule is CCc1nsc(N2CCN(C(=NC)NCCc3nc(C(F)(F)F)cs3)CC2)n1. The molecule has 0 spiro atoms. The Balaban J connectivity index is 1.46. The van der Waals surface area contributed by atoms with Gasteiger partial charge in [-0.3, -0.25) is 4.99 Å². The molecule has 0 amide bonds. The lowest BCUT2D eigenvalue weighted by atomic mass is 10.3. The fourth-order valence-electron chi connectivity index (χ4n) is 2.80. The first-order valence-electron chi connectivity index (χ1n) is 8.95. The van der Waals surface area contributed by atoms with Crippen molar-refractivity contribution in [3.8, 4) is 0 Å². The summed E-state index contributed by atoms with van der Waals surface area (Å²) in [7, 11) is 1.71. The zero-order valence-corrected chi connectivity index (χ0v) is 17.3. The first-order chi connectivity index (χ1) is 13.4. The van der Waals surface area contributed by atoms with Gasteiger partial charge < -0.3 is 15.1 Å². The van der Waals surface area contributed by atoms with E-state index in [9.17, 15) is 13.2 Å². The van der Waals surface area contributed by atoms with E-state index >= 15 is 0 Å². The fraction of sp³-hybridized carbons (Fsp3) is 0.625. The van der Waals surface area contributed by atoms with Crippen LogP contribution in [0.4, 0.5) is 18.3 Å². The van der Waals surface area contributed by atoms with E-state index < -0.39 is 11.9 Å². The first kappa shape index (κ1) is 20.8. The minimum Gasteiger partial charge on any atom is -0.356 e. The number of halogens is 3. The topological polar surface area (TPSA) is 69.5 Å².